The zero-order chi connectivity index (χ0) is 14.3. The second-order valence-electron chi connectivity index (χ2n) is 6.52. The third kappa shape index (κ3) is 2.72. The predicted octanol–water partition coefficient (Wildman–Crippen LogP) is 4.04. The van der Waals surface area contributed by atoms with Gasteiger partial charge in [-0.25, -0.2) is 0 Å². The largest absolute Gasteiger partial charge is 0.508 e. The van der Waals surface area contributed by atoms with E-state index in [9.17, 15) is 5.11 Å². The maximum absolute atomic E-state index is 9.82. The highest BCUT2D eigenvalue weighted by molar-refractivity contribution is 6.30. The molecule has 3 rings (SSSR count). The highest BCUT2D eigenvalue weighted by Gasteiger charge is 2.37. The van der Waals surface area contributed by atoms with Crippen molar-refractivity contribution >= 4 is 17.2 Å². The van der Waals surface area contributed by atoms with Crippen LogP contribution in [-0.2, 0) is 0 Å². The highest BCUT2D eigenvalue weighted by atomic mass is 35.5. The van der Waals surface area contributed by atoms with Gasteiger partial charge in [0.15, 0.2) is 0 Å². The molecule has 2 aliphatic rings. The van der Waals surface area contributed by atoms with Gasteiger partial charge in [-0.1, -0.05) is 17.7 Å². The van der Waals surface area contributed by atoms with E-state index in [4.69, 9.17) is 11.6 Å². The van der Waals surface area contributed by atoms with Crippen LogP contribution in [-0.4, -0.2) is 30.6 Å². The number of halogens is 1. The van der Waals surface area contributed by atoms with E-state index >= 15 is 0 Å². The summed E-state index contributed by atoms with van der Waals surface area (Å²) in [4.78, 5) is 2.27. The van der Waals surface area contributed by atoms with Crippen LogP contribution in [0.2, 0.25) is 5.02 Å². The summed E-state index contributed by atoms with van der Waals surface area (Å²) in [5, 5.41) is 10.4. The second-order valence-corrected chi connectivity index (χ2v) is 6.96. The van der Waals surface area contributed by atoms with Gasteiger partial charge >= 0.3 is 0 Å². The lowest BCUT2D eigenvalue weighted by molar-refractivity contribution is 0.289. The van der Waals surface area contributed by atoms with Crippen LogP contribution in [0, 0.1) is 17.8 Å². The maximum atomic E-state index is 9.82. The van der Waals surface area contributed by atoms with Crippen molar-refractivity contribution in [1.82, 2.24) is 4.90 Å². The minimum absolute atomic E-state index is 0.259. The summed E-state index contributed by atoms with van der Waals surface area (Å²) in [5.41, 5.74) is 2.48. The smallest absolute Gasteiger partial charge is 0.117 e. The topological polar surface area (TPSA) is 23.5 Å². The summed E-state index contributed by atoms with van der Waals surface area (Å²) >= 11 is 6.11. The molecule has 3 heteroatoms. The Morgan fingerprint density at radius 1 is 1.25 bits per heavy atom. The van der Waals surface area contributed by atoms with E-state index in [0.717, 1.165) is 23.9 Å². The van der Waals surface area contributed by atoms with E-state index in [1.165, 1.54) is 24.8 Å². The monoisotopic (exact) mass is 291 g/mol. The van der Waals surface area contributed by atoms with Crippen LogP contribution in [0.1, 0.15) is 24.8 Å². The standard InChI is InChI=1S/C17H22ClNO/c1-19(2)10-17-12-4-3-11(5-12)6-16(17)13-7-14(18)9-15(20)8-13/h6-9,11-12,17,20H,3-5,10H2,1-2H3. The average Bonchev–Trinajstić information content (AvgIpc) is 2.74. The van der Waals surface area contributed by atoms with E-state index in [1.54, 1.807) is 6.07 Å². The number of phenolic OH excluding ortho intramolecular Hbond substituents is 1. The molecule has 108 valence electrons. The Bertz CT molecular complexity index is 518. The fourth-order valence-electron chi connectivity index (χ4n) is 3.89. The van der Waals surface area contributed by atoms with Gasteiger partial charge in [-0.3, -0.25) is 0 Å². The van der Waals surface area contributed by atoms with Gasteiger partial charge < -0.3 is 10.0 Å². The van der Waals surface area contributed by atoms with Crippen LogP contribution >= 0.6 is 11.6 Å². The Morgan fingerprint density at radius 3 is 2.75 bits per heavy atom. The van der Waals surface area contributed by atoms with Gasteiger partial charge in [-0.05, 0) is 80.4 Å². The van der Waals surface area contributed by atoms with Gasteiger partial charge in [-0.15, -0.1) is 0 Å². The molecule has 0 spiro atoms. The van der Waals surface area contributed by atoms with Crippen LogP contribution in [0.15, 0.2) is 24.3 Å². The van der Waals surface area contributed by atoms with Crippen LogP contribution in [0.25, 0.3) is 5.57 Å². The lowest BCUT2D eigenvalue weighted by Gasteiger charge is -2.32. The lowest BCUT2D eigenvalue weighted by atomic mass is 9.76. The van der Waals surface area contributed by atoms with Gasteiger partial charge in [0, 0.05) is 11.6 Å². The number of rotatable bonds is 3. The minimum Gasteiger partial charge on any atom is -0.508 e. The van der Waals surface area contributed by atoms with Crippen molar-refractivity contribution in [2.75, 3.05) is 20.6 Å². The lowest BCUT2D eigenvalue weighted by Crippen LogP contribution is -2.29. The Hall–Kier alpha value is -0.990. The Morgan fingerprint density at radius 2 is 2.05 bits per heavy atom. The molecule has 2 nitrogen and oxygen atoms in total. The van der Waals surface area contributed by atoms with Crippen molar-refractivity contribution in [1.29, 1.82) is 0 Å². The van der Waals surface area contributed by atoms with Crippen molar-refractivity contribution in [3.05, 3.63) is 34.9 Å². The van der Waals surface area contributed by atoms with E-state index < -0.39 is 0 Å². The first kappa shape index (κ1) is 14.0. The second kappa shape index (κ2) is 5.42. The molecule has 0 aromatic heterocycles. The summed E-state index contributed by atoms with van der Waals surface area (Å²) in [5.74, 6) is 2.31. The fourth-order valence-corrected chi connectivity index (χ4v) is 4.12. The quantitative estimate of drug-likeness (QED) is 0.908. The molecule has 0 aliphatic heterocycles. The summed E-state index contributed by atoms with van der Waals surface area (Å²) in [6, 6.07) is 5.44. The molecule has 1 aromatic carbocycles. The zero-order valence-corrected chi connectivity index (χ0v) is 12.9. The van der Waals surface area contributed by atoms with Crippen molar-refractivity contribution in [2.45, 2.75) is 19.3 Å². The first-order valence-electron chi connectivity index (χ1n) is 7.39. The molecule has 2 bridgehead atoms. The molecule has 1 saturated carbocycles. The SMILES string of the molecule is CN(C)CC1C(c2cc(O)cc(Cl)c2)=CC2CCC1C2. The maximum Gasteiger partial charge on any atom is 0.117 e. The summed E-state index contributed by atoms with van der Waals surface area (Å²) in [6.45, 7) is 1.07. The normalized spacial score (nSPS) is 28.8. The Kier molecular flexibility index (Phi) is 3.78. The molecule has 0 saturated heterocycles. The van der Waals surface area contributed by atoms with Crippen LogP contribution in [0.4, 0.5) is 0 Å². The number of phenols is 1. The molecular weight excluding hydrogens is 270 g/mol. The van der Waals surface area contributed by atoms with Crippen molar-refractivity contribution in [3.63, 3.8) is 0 Å². The van der Waals surface area contributed by atoms with Crippen molar-refractivity contribution in [2.24, 2.45) is 17.8 Å². The molecule has 1 aromatic rings. The first-order chi connectivity index (χ1) is 9.52. The summed E-state index contributed by atoms with van der Waals surface area (Å²) in [6.07, 6.45) is 6.40. The van der Waals surface area contributed by atoms with Gasteiger partial charge in [0.05, 0.1) is 0 Å². The van der Waals surface area contributed by atoms with Gasteiger partial charge in [0.25, 0.3) is 0 Å². The van der Waals surface area contributed by atoms with Crippen LogP contribution in [0.3, 0.4) is 0 Å². The van der Waals surface area contributed by atoms with Gasteiger partial charge in [-0.2, -0.15) is 0 Å². The molecule has 1 fully saturated rings. The highest BCUT2D eigenvalue weighted by Crippen LogP contribution is 2.48. The number of fused-ring (bicyclic) bond motifs is 2. The molecule has 20 heavy (non-hydrogen) atoms. The molecule has 0 heterocycles. The Labute approximate surface area is 126 Å². The van der Waals surface area contributed by atoms with Crippen molar-refractivity contribution < 1.29 is 5.11 Å². The van der Waals surface area contributed by atoms with E-state index in [2.05, 4.69) is 25.1 Å². The third-order valence-corrected chi connectivity index (χ3v) is 4.89. The van der Waals surface area contributed by atoms with E-state index in [1.807, 2.05) is 12.1 Å². The van der Waals surface area contributed by atoms with Crippen molar-refractivity contribution in [3.8, 4) is 5.75 Å². The molecule has 3 atom stereocenters. The third-order valence-electron chi connectivity index (χ3n) is 4.68. The summed E-state index contributed by atoms with van der Waals surface area (Å²) < 4.78 is 0. The molecule has 0 amide bonds. The number of aromatic hydroxyl groups is 1. The van der Waals surface area contributed by atoms with Crippen LogP contribution in [0.5, 0.6) is 5.75 Å². The number of benzene rings is 1. The molecular formula is C17H22ClNO. The number of hydrogen-bond donors (Lipinski definition) is 1. The minimum atomic E-state index is 0.259. The van der Waals surface area contributed by atoms with Gasteiger partial charge in [0.1, 0.15) is 5.75 Å². The summed E-state index contributed by atoms with van der Waals surface area (Å²) in [7, 11) is 4.27. The van der Waals surface area contributed by atoms with E-state index in [0.29, 0.717) is 10.9 Å². The molecule has 1 N–H and O–H groups in total. The fraction of sp³-hybridized carbons (Fsp3) is 0.529. The molecule has 2 aliphatic carbocycles. The van der Waals surface area contributed by atoms with Gasteiger partial charge in [0.2, 0.25) is 0 Å². The number of nitrogens with zero attached hydrogens (tertiary/aromatic N) is 1. The predicted molar refractivity (Wildman–Crippen MR) is 84.0 cm³/mol. The Balaban J connectivity index is 1.99. The number of allylic oxidation sites excluding steroid dienone is 1. The number of hydrogen-bond acceptors (Lipinski definition) is 2. The van der Waals surface area contributed by atoms with Crippen LogP contribution < -0.4 is 0 Å². The van der Waals surface area contributed by atoms with E-state index in [-0.39, 0.29) is 5.75 Å². The zero-order valence-electron chi connectivity index (χ0n) is 12.1. The average molecular weight is 292 g/mol. The first-order valence-corrected chi connectivity index (χ1v) is 7.77. The molecule has 0 radical (unpaired) electrons. The molecule has 3 unspecified atom stereocenters.